The zero-order valence-corrected chi connectivity index (χ0v) is 19.7. The monoisotopic (exact) mass is 411 g/mol. The van der Waals surface area contributed by atoms with Gasteiger partial charge in [-0.3, -0.25) is 4.79 Å². The quantitative estimate of drug-likeness (QED) is 0.426. The minimum atomic E-state index is -2.18. The van der Waals surface area contributed by atoms with Gasteiger partial charge < -0.3 is 18.9 Å². The Hall–Kier alpha value is -1.86. The van der Waals surface area contributed by atoms with Gasteiger partial charge in [0.15, 0.2) is 8.32 Å². The molecule has 0 N–H and O–H groups in total. The van der Waals surface area contributed by atoms with Crippen molar-refractivity contribution in [2.75, 3.05) is 11.4 Å². The molecule has 1 radical (unpaired) electrons. The van der Waals surface area contributed by atoms with Crippen molar-refractivity contribution in [1.29, 1.82) is 0 Å². The summed E-state index contributed by atoms with van der Waals surface area (Å²) in [6.45, 7) is 19.7. The first kappa shape index (κ1) is 21.8. The predicted molar refractivity (Wildman–Crippen MR) is 122 cm³/mol. The van der Waals surface area contributed by atoms with Crippen molar-refractivity contribution >= 4 is 33.5 Å². The van der Waals surface area contributed by atoms with Crippen molar-refractivity contribution in [3.05, 3.63) is 41.0 Å². The molecule has 0 aliphatic carbocycles. The summed E-state index contributed by atoms with van der Waals surface area (Å²) in [6.07, 6.45) is 1.04. The first-order valence-electron chi connectivity index (χ1n) is 10.2. The Kier molecular flexibility index (Phi) is 5.60. The molecule has 0 bridgehead atoms. The fourth-order valence-electron chi connectivity index (χ4n) is 3.81. The third-order valence-corrected chi connectivity index (χ3v) is 11.2. The molecule has 0 spiro atoms. The van der Waals surface area contributed by atoms with Gasteiger partial charge in [-0.15, -0.1) is 0 Å². The standard InChI is InChI=1S/C22H32BN2O3Si/c1-14-9-19-21(28-29(7,8)22(4,5)6)25(23-13-26)18-11-16(3)15(2)10-17(18)20(27)24(19)12-14/h10-11,13,19,21H,1,9,12H2,2-8H3/t19-,21-/m0/s1. The molecule has 7 heteroatoms. The molecule has 5 nitrogen and oxygen atoms in total. The minimum Gasteiger partial charge on any atom is -0.396 e. The van der Waals surface area contributed by atoms with E-state index in [4.69, 9.17) is 4.43 Å². The van der Waals surface area contributed by atoms with Crippen molar-refractivity contribution < 1.29 is 14.0 Å². The van der Waals surface area contributed by atoms with Crippen LogP contribution >= 0.6 is 0 Å². The van der Waals surface area contributed by atoms with Crippen LogP contribution in [-0.4, -0.2) is 51.5 Å². The third kappa shape index (κ3) is 3.82. The number of nitrogens with zero attached hydrogens (tertiary/aromatic N) is 2. The van der Waals surface area contributed by atoms with E-state index in [1.807, 2.05) is 35.7 Å². The molecule has 1 saturated heterocycles. The number of anilines is 1. The van der Waals surface area contributed by atoms with Crippen LogP contribution in [0.3, 0.4) is 0 Å². The van der Waals surface area contributed by atoms with Gasteiger partial charge in [-0.25, -0.2) is 0 Å². The molecule has 155 valence electrons. The smallest absolute Gasteiger partial charge is 0.331 e. The van der Waals surface area contributed by atoms with Crippen LogP contribution in [0.15, 0.2) is 24.3 Å². The highest BCUT2D eigenvalue weighted by molar-refractivity contribution is 6.74. The van der Waals surface area contributed by atoms with Gasteiger partial charge in [-0.1, -0.05) is 32.9 Å². The van der Waals surface area contributed by atoms with Crippen LogP contribution in [0.2, 0.25) is 18.1 Å². The summed E-state index contributed by atoms with van der Waals surface area (Å²) < 4.78 is 6.87. The lowest BCUT2D eigenvalue weighted by atomic mass is 9.89. The van der Waals surface area contributed by atoms with E-state index in [2.05, 4.69) is 40.4 Å². The van der Waals surface area contributed by atoms with Gasteiger partial charge in [0.05, 0.1) is 11.6 Å². The average Bonchev–Trinajstić information content (AvgIpc) is 2.97. The van der Waals surface area contributed by atoms with E-state index in [0.29, 0.717) is 18.5 Å². The fourth-order valence-corrected chi connectivity index (χ4v) is 5.04. The molecule has 1 aromatic rings. The zero-order valence-electron chi connectivity index (χ0n) is 18.7. The summed E-state index contributed by atoms with van der Waals surface area (Å²) in [5, 5.41) is 0.00261. The van der Waals surface area contributed by atoms with E-state index < -0.39 is 14.5 Å². The van der Waals surface area contributed by atoms with Crippen molar-refractivity contribution in [3.63, 3.8) is 0 Å². The van der Waals surface area contributed by atoms with E-state index in [0.717, 1.165) is 28.6 Å². The Morgan fingerprint density at radius 1 is 1.24 bits per heavy atom. The highest BCUT2D eigenvalue weighted by atomic mass is 28.4. The molecule has 2 atom stereocenters. The molecule has 1 fully saturated rings. The van der Waals surface area contributed by atoms with Crippen LogP contribution in [0.4, 0.5) is 5.69 Å². The van der Waals surface area contributed by atoms with Gasteiger partial charge in [0.1, 0.15) is 12.4 Å². The normalized spacial score (nSPS) is 22.3. The van der Waals surface area contributed by atoms with Crippen molar-refractivity contribution in [3.8, 4) is 0 Å². The zero-order chi connectivity index (χ0) is 21.7. The maximum Gasteiger partial charge on any atom is 0.331 e. The highest BCUT2D eigenvalue weighted by Gasteiger charge is 2.48. The summed E-state index contributed by atoms with van der Waals surface area (Å²) in [5.74, 6) is -0.0163. The summed E-state index contributed by atoms with van der Waals surface area (Å²) >= 11 is 0. The molecular formula is C22H32BN2O3Si. The van der Waals surface area contributed by atoms with Gasteiger partial charge in [-0.2, -0.15) is 0 Å². The van der Waals surface area contributed by atoms with Crippen LogP contribution in [-0.2, 0) is 9.22 Å². The molecule has 0 unspecified atom stereocenters. The molecule has 3 rings (SSSR count). The maximum absolute atomic E-state index is 13.5. The number of hydrogen-bond donors (Lipinski definition) is 0. The van der Waals surface area contributed by atoms with E-state index >= 15 is 0 Å². The number of carbonyl (C=O) groups excluding carboxylic acids is 2. The lowest BCUT2D eigenvalue weighted by Crippen LogP contribution is -2.57. The van der Waals surface area contributed by atoms with Gasteiger partial charge >= 0.3 is 7.41 Å². The molecule has 1 amide bonds. The molecule has 2 aliphatic heterocycles. The second-order valence-electron chi connectivity index (χ2n) is 9.87. The van der Waals surface area contributed by atoms with Crippen LogP contribution in [0, 0.1) is 13.8 Å². The molecule has 0 aromatic heterocycles. The Labute approximate surface area is 176 Å². The van der Waals surface area contributed by atoms with Crippen molar-refractivity contribution in [2.24, 2.45) is 0 Å². The van der Waals surface area contributed by atoms with Gasteiger partial charge in [0.2, 0.25) is 0 Å². The first-order chi connectivity index (χ1) is 13.4. The Balaban J connectivity index is 2.20. The average molecular weight is 411 g/mol. The van der Waals surface area contributed by atoms with Crippen LogP contribution in [0.25, 0.3) is 0 Å². The number of amides is 1. The first-order valence-corrected chi connectivity index (χ1v) is 13.1. The number of benzene rings is 1. The largest absolute Gasteiger partial charge is 0.396 e. The van der Waals surface area contributed by atoms with E-state index in [1.165, 1.54) is 7.41 Å². The molecule has 2 heterocycles. The Bertz CT molecular complexity index is 862. The van der Waals surface area contributed by atoms with Crippen LogP contribution < -0.4 is 4.81 Å². The molecular weight excluding hydrogens is 379 g/mol. The van der Waals surface area contributed by atoms with Gasteiger partial charge in [0.25, 0.3) is 5.91 Å². The van der Waals surface area contributed by atoms with E-state index in [1.54, 1.807) is 0 Å². The summed E-state index contributed by atoms with van der Waals surface area (Å²) in [4.78, 5) is 28.9. The van der Waals surface area contributed by atoms with Crippen LogP contribution in [0.5, 0.6) is 0 Å². The molecule has 1 aromatic carbocycles. The second kappa shape index (κ2) is 7.44. The SMILES string of the molecule is C=C1C[C@H]2[C@H](O[Si](C)(C)C(C)(C)C)N([B]C=O)c3cc(C)c(C)cc3C(=O)N2C1. The summed E-state index contributed by atoms with van der Waals surface area (Å²) in [7, 11) is -0.663. The number of aryl methyl sites for hydroxylation is 2. The number of carbonyl (C=O) groups is 2. The Morgan fingerprint density at radius 3 is 2.45 bits per heavy atom. The fraction of sp³-hybridized carbons (Fsp3) is 0.545. The van der Waals surface area contributed by atoms with Gasteiger partial charge in [-0.05, 0) is 61.7 Å². The van der Waals surface area contributed by atoms with E-state index in [-0.39, 0.29) is 17.0 Å². The molecule has 29 heavy (non-hydrogen) atoms. The number of rotatable bonds is 4. The second-order valence-corrected chi connectivity index (χ2v) is 14.6. The maximum atomic E-state index is 13.5. The van der Waals surface area contributed by atoms with Crippen molar-refractivity contribution in [1.82, 2.24) is 4.90 Å². The lowest BCUT2D eigenvalue weighted by molar-refractivity contribution is 0.0576. The predicted octanol–water partition coefficient (Wildman–Crippen LogP) is 4.05. The minimum absolute atomic E-state index is 0.00261. The van der Waals surface area contributed by atoms with Crippen LogP contribution in [0.1, 0.15) is 48.7 Å². The summed E-state index contributed by atoms with van der Waals surface area (Å²) in [6, 6.07) is 3.76. The number of fused-ring (bicyclic) bond motifs is 2. The summed E-state index contributed by atoms with van der Waals surface area (Å²) in [5.41, 5.74) is 4.52. The lowest BCUT2D eigenvalue weighted by Gasteiger charge is -2.45. The van der Waals surface area contributed by atoms with Gasteiger partial charge in [0, 0.05) is 12.2 Å². The molecule has 2 aliphatic rings. The number of hydrogen-bond acceptors (Lipinski definition) is 4. The highest BCUT2D eigenvalue weighted by Crippen LogP contribution is 2.42. The van der Waals surface area contributed by atoms with Crippen molar-refractivity contribution in [2.45, 2.75) is 71.4 Å². The van der Waals surface area contributed by atoms with E-state index in [9.17, 15) is 9.59 Å². The Morgan fingerprint density at radius 2 is 1.86 bits per heavy atom. The third-order valence-electron chi connectivity index (χ3n) is 6.72. The molecule has 0 saturated carbocycles. The topological polar surface area (TPSA) is 49.9 Å².